The van der Waals surface area contributed by atoms with Gasteiger partial charge in [0.25, 0.3) is 0 Å². The van der Waals surface area contributed by atoms with Crippen LogP contribution in [-0.4, -0.2) is 34.6 Å². The fourth-order valence-electron chi connectivity index (χ4n) is 2.49. The molecule has 2 N–H and O–H groups in total. The van der Waals surface area contributed by atoms with Crippen molar-refractivity contribution in [3.8, 4) is 0 Å². The van der Waals surface area contributed by atoms with Gasteiger partial charge in [-0.1, -0.05) is 17.7 Å². The lowest BCUT2D eigenvalue weighted by Gasteiger charge is -2.33. The molecule has 3 rings (SSSR count). The topological polar surface area (TPSA) is 64.3 Å². The van der Waals surface area contributed by atoms with Crippen LogP contribution < -0.4 is 5.73 Å². The molecule has 1 saturated heterocycles. The van der Waals surface area contributed by atoms with E-state index in [-0.39, 0.29) is 11.9 Å². The maximum absolute atomic E-state index is 13.2. The number of rotatable bonds is 3. The molecule has 0 amide bonds. The summed E-state index contributed by atoms with van der Waals surface area (Å²) in [5, 5.41) is 0.382. The van der Waals surface area contributed by atoms with Gasteiger partial charge in [-0.05, 0) is 18.2 Å². The highest BCUT2D eigenvalue weighted by Gasteiger charge is 2.24. The summed E-state index contributed by atoms with van der Waals surface area (Å²) >= 11 is 6.11. The predicted octanol–water partition coefficient (Wildman–Crippen LogP) is 2.42. The van der Waals surface area contributed by atoms with Crippen molar-refractivity contribution in [1.82, 2.24) is 14.9 Å². The molecule has 5 nitrogen and oxygen atoms in total. The lowest BCUT2D eigenvalue weighted by atomic mass is 10.1. The third kappa shape index (κ3) is 3.52. The monoisotopic (exact) mass is 322 g/mol. The summed E-state index contributed by atoms with van der Waals surface area (Å²) in [5.74, 6) is 0.775. The summed E-state index contributed by atoms with van der Waals surface area (Å²) in [7, 11) is 0. The van der Waals surface area contributed by atoms with Gasteiger partial charge in [0.1, 0.15) is 17.5 Å². The quantitative estimate of drug-likeness (QED) is 0.940. The molecule has 1 atom stereocenters. The van der Waals surface area contributed by atoms with Crippen LogP contribution in [0.4, 0.5) is 10.2 Å². The fraction of sp³-hybridized carbons (Fsp3) is 0.333. The van der Waals surface area contributed by atoms with E-state index >= 15 is 0 Å². The molecule has 1 fully saturated rings. The van der Waals surface area contributed by atoms with E-state index in [1.807, 2.05) is 0 Å². The van der Waals surface area contributed by atoms with Crippen LogP contribution >= 0.6 is 11.6 Å². The molecule has 1 aromatic heterocycles. The van der Waals surface area contributed by atoms with Crippen molar-refractivity contribution in [3.63, 3.8) is 0 Å². The molecule has 1 aromatic carbocycles. The molecule has 2 heterocycles. The van der Waals surface area contributed by atoms with Crippen molar-refractivity contribution in [1.29, 1.82) is 0 Å². The average Bonchev–Trinajstić information content (AvgIpc) is 2.47. The molecule has 0 bridgehead atoms. The Morgan fingerprint density at radius 1 is 1.41 bits per heavy atom. The standard InChI is InChI=1S/C15H16ClFN4O/c16-12-7-10(17)1-2-11(12)13-8-21(5-6-22-13)9-15-19-4-3-14(18)20-15/h1-4,7,13H,5-6,8-9H2,(H2,18,19,20). The largest absolute Gasteiger partial charge is 0.384 e. The Bertz CT molecular complexity index is 670. The minimum atomic E-state index is -0.352. The molecule has 0 spiro atoms. The Morgan fingerprint density at radius 3 is 3.05 bits per heavy atom. The number of aromatic nitrogens is 2. The number of anilines is 1. The number of ether oxygens (including phenoxy) is 1. The van der Waals surface area contributed by atoms with Crippen LogP contribution in [0.1, 0.15) is 17.5 Å². The first-order chi connectivity index (χ1) is 10.6. The molecular formula is C15H16ClFN4O. The first-order valence-electron chi connectivity index (χ1n) is 6.98. The van der Waals surface area contributed by atoms with Crippen LogP contribution in [-0.2, 0) is 11.3 Å². The first-order valence-corrected chi connectivity index (χ1v) is 7.36. The van der Waals surface area contributed by atoms with E-state index in [1.165, 1.54) is 12.1 Å². The van der Waals surface area contributed by atoms with Gasteiger partial charge in [-0.15, -0.1) is 0 Å². The van der Waals surface area contributed by atoms with E-state index in [4.69, 9.17) is 22.1 Å². The summed E-state index contributed by atoms with van der Waals surface area (Å²) in [6.07, 6.45) is 1.45. The molecule has 0 saturated carbocycles. The van der Waals surface area contributed by atoms with Crippen LogP contribution in [0, 0.1) is 5.82 Å². The molecule has 1 aliphatic rings. The van der Waals surface area contributed by atoms with Crippen LogP contribution in [0.15, 0.2) is 30.5 Å². The Kier molecular flexibility index (Phi) is 4.52. The van der Waals surface area contributed by atoms with Gasteiger partial charge in [0.15, 0.2) is 0 Å². The molecule has 1 aliphatic heterocycles. The second-order valence-electron chi connectivity index (χ2n) is 5.16. The van der Waals surface area contributed by atoms with E-state index < -0.39 is 0 Å². The van der Waals surface area contributed by atoms with Gasteiger partial charge >= 0.3 is 0 Å². The third-order valence-electron chi connectivity index (χ3n) is 3.55. The number of nitrogens with two attached hydrogens (primary N) is 1. The van der Waals surface area contributed by atoms with E-state index in [9.17, 15) is 4.39 Å². The number of benzene rings is 1. The highest BCUT2D eigenvalue weighted by atomic mass is 35.5. The van der Waals surface area contributed by atoms with E-state index in [0.29, 0.717) is 36.4 Å². The first kappa shape index (κ1) is 15.1. The zero-order valence-electron chi connectivity index (χ0n) is 11.9. The zero-order chi connectivity index (χ0) is 15.5. The van der Waals surface area contributed by atoms with Gasteiger partial charge in [-0.3, -0.25) is 4.90 Å². The van der Waals surface area contributed by atoms with Gasteiger partial charge in [0, 0.05) is 29.9 Å². The molecule has 2 aromatic rings. The second kappa shape index (κ2) is 6.56. The molecule has 0 radical (unpaired) electrons. The maximum Gasteiger partial charge on any atom is 0.144 e. The van der Waals surface area contributed by atoms with Crippen molar-refractivity contribution in [2.24, 2.45) is 0 Å². The van der Waals surface area contributed by atoms with E-state index in [1.54, 1.807) is 18.3 Å². The Balaban J connectivity index is 1.71. The maximum atomic E-state index is 13.2. The van der Waals surface area contributed by atoms with Gasteiger partial charge < -0.3 is 10.5 Å². The summed E-state index contributed by atoms with van der Waals surface area (Å²) in [6, 6.07) is 6.03. The Labute approximate surface area is 132 Å². The lowest BCUT2D eigenvalue weighted by molar-refractivity contribution is -0.0336. The van der Waals surface area contributed by atoms with E-state index in [0.717, 1.165) is 12.1 Å². The van der Waals surface area contributed by atoms with Crippen molar-refractivity contribution in [2.45, 2.75) is 12.6 Å². The third-order valence-corrected chi connectivity index (χ3v) is 3.88. The van der Waals surface area contributed by atoms with Crippen LogP contribution in [0.2, 0.25) is 5.02 Å². The summed E-state index contributed by atoms with van der Waals surface area (Å²) in [4.78, 5) is 10.6. The average molecular weight is 323 g/mol. The normalized spacial score (nSPS) is 19.3. The second-order valence-corrected chi connectivity index (χ2v) is 5.57. The molecule has 0 aliphatic carbocycles. The number of nitrogens with zero attached hydrogens (tertiary/aromatic N) is 3. The summed E-state index contributed by atoms with van der Waals surface area (Å²) in [5.41, 5.74) is 6.46. The van der Waals surface area contributed by atoms with Crippen LogP contribution in [0.3, 0.4) is 0 Å². The van der Waals surface area contributed by atoms with Crippen molar-refractivity contribution >= 4 is 17.4 Å². The lowest BCUT2D eigenvalue weighted by Crippen LogP contribution is -2.38. The summed E-state index contributed by atoms with van der Waals surface area (Å²) < 4.78 is 18.9. The minimum absolute atomic E-state index is 0.192. The Morgan fingerprint density at radius 2 is 2.27 bits per heavy atom. The van der Waals surface area contributed by atoms with Gasteiger partial charge in [-0.2, -0.15) is 0 Å². The van der Waals surface area contributed by atoms with Crippen molar-refractivity contribution in [3.05, 3.63) is 52.7 Å². The minimum Gasteiger partial charge on any atom is -0.384 e. The zero-order valence-corrected chi connectivity index (χ0v) is 12.6. The van der Waals surface area contributed by atoms with Crippen LogP contribution in [0.5, 0.6) is 0 Å². The Hall–Kier alpha value is -1.76. The van der Waals surface area contributed by atoms with Crippen molar-refractivity contribution in [2.75, 3.05) is 25.4 Å². The highest BCUT2D eigenvalue weighted by molar-refractivity contribution is 6.31. The van der Waals surface area contributed by atoms with Gasteiger partial charge in [0.05, 0.1) is 19.3 Å². The number of hydrogen-bond acceptors (Lipinski definition) is 5. The molecule has 116 valence electrons. The van der Waals surface area contributed by atoms with Gasteiger partial charge in [0.2, 0.25) is 0 Å². The van der Waals surface area contributed by atoms with Crippen molar-refractivity contribution < 1.29 is 9.13 Å². The summed E-state index contributed by atoms with van der Waals surface area (Å²) in [6.45, 7) is 2.57. The number of nitrogen functional groups attached to an aromatic ring is 1. The number of halogens is 2. The highest BCUT2D eigenvalue weighted by Crippen LogP contribution is 2.29. The van der Waals surface area contributed by atoms with E-state index in [2.05, 4.69) is 14.9 Å². The molecule has 7 heteroatoms. The number of hydrogen-bond donors (Lipinski definition) is 1. The van der Waals surface area contributed by atoms with Crippen LogP contribution in [0.25, 0.3) is 0 Å². The number of morpholine rings is 1. The molecule has 22 heavy (non-hydrogen) atoms. The predicted molar refractivity (Wildman–Crippen MR) is 81.8 cm³/mol. The molecular weight excluding hydrogens is 307 g/mol. The molecule has 1 unspecified atom stereocenters. The SMILES string of the molecule is Nc1ccnc(CN2CCOC(c3ccc(F)cc3Cl)C2)n1. The fourth-order valence-corrected chi connectivity index (χ4v) is 2.78. The van der Waals surface area contributed by atoms with Gasteiger partial charge in [-0.25, -0.2) is 14.4 Å². The smallest absolute Gasteiger partial charge is 0.144 e.